The molecule has 24 heavy (non-hydrogen) atoms. The number of hydrogen-bond acceptors (Lipinski definition) is 2. The highest BCUT2D eigenvalue weighted by Gasteiger charge is 2.25. The third-order valence-corrected chi connectivity index (χ3v) is 5.09. The molecule has 1 aliphatic rings. The second-order valence-electron chi connectivity index (χ2n) is 6.90. The largest absolute Gasteiger partial charge is 0.338 e. The number of rotatable bonds is 4. The maximum Gasteiger partial charge on any atom is 0.253 e. The lowest BCUT2D eigenvalue weighted by atomic mass is 9.88. The van der Waals surface area contributed by atoms with Crippen LogP contribution in [0.4, 0.5) is 0 Å². The van der Waals surface area contributed by atoms with Crippen LogP contribution in [0.5, 0.6) is 0 Å². The molecule has 3 rings (SSSR count). The quantitative estimate of drug-likeness (QED) is 0.930. The summed E-state index contributed by atoms with van der Waals surface area (Å²) in [7, 11) is 0. The number of carbonyl (C=O) groups is 1. The molecule has 1 fully saturated rings. The molecule has 0 radical (unpaired) electrons. The average Bonchev–Trinajstić information content (AvgIpc) is 2.60. The highest BCUT2D eigenvalue weighted by molar-refractivity contribution is 5.81. The SMILES string of the molecule is CCN(Cc1cc2cc(C)ccc2[nH]c1=O)C(=O)C1CCCCC1. The van der Waals surface area contributed by atoms with Crippen LogP contribution in [0, 0.1) is 12.8 Å². The Balaban J connectivity index is 1.84. The first-order chi connectivity index (χ1) is 11.6. The minimum Gasteiger partial charge on any atom is -0.338 e. The zero-order valence-electron chi connectivity index (χ0n) is 14.6. The van der Waals surface area contributed by atoms with Crippen LogP contribution in [0.2, 0.25) is 0 Å². The lowest BCUT2D eigenvalue weighted by Crippen LogP contribution is -2.37. The fraction of sp³-hybridized carbons (Fsp3) is 0.500. The summed E-state index contributed by atoms with van der Waals surface area (Å²) in [5.74, 6) is 0.349. The lowest BCUT2D eigenvalue weighted by Gasteiger charge is -2.28. The number of hydrogen-bond donors (Lipinski definition) is 1. The zero-order chi connectivity index (χ0) is 17.1. The molecule has 0 aliphatic heterocycles. The number of H-pyrrole nitrogens is 1. The number of nitrogens with zero attached hydrogens (tertiary/aromatic N) is 1. The van der Waals surface area contributed by atoms with E-state index in [-0.39, 0.29) is 17.4 Å². The predicted molar refractivity (Wildman–Crippen MR) is 97.0 cm³/mol. The van der Waals surface area contributed by atoms with E-state index in [0.29, 0.717) is 18.7 Å². The Bertz CT molecular complexity index is 788. The molecular weight excluding hydrogens is 300 g/mol. The van der Waals surface area contributed by atoms with Crippen LogP contribution in [0.15, 0.2) is 29.1 Å². The standard InChI is InChI=1S/C20H26N2O2/c1-3-22(20(24)15-7-5-4-6-8-15)13-17-12-16-11-14(2)9-10-18(16)21-19(17)23/h9-12,15H,3-8,13H2,1-2H3,(H,21,23). The second-order valence-corrected chi connectivity index (χ2v) is 6.90. The monoisotopic (exact) mass is 326 g/mol. The first-order valence-electron chi connectivity index (χ1n) is 9.00. The van der Waals surface area contributed by atoms with Crippen LogP contribution in [0.1, 0.15) is 50.2 Å². The Morgan fingerprint density at radius 3 is 2.67 bits per heavy atom. The molecule has 1 aromatic carbocycles. The van der Waals surface area contributed by atoms with Crippen LogP contribution in [0.3, 0.4) is 0 Å². The number of aryl methyl sites for hydroxylation is 1. The van der Waals surface area contributed by atoms with Crippen molar-refractivity contribution in [1.82, 2.24) is 9.88 Å². The van der Waals surface area contributed by atoms with Gasteiger partial charge in [0.05, 0.1) is 6.54 Å². The van der Waals surface area contributed by atoms with Gasteiger partial charge in [0.1, 0.15) is 0 Å². The molecule has 4 heteroatoms. The minimum atomic E-state index is -0.0961. The summed E-state index contributed by atoms with van der Waals surface area (Å²) in [4.78, 5) is 29.9. The number of aromatic nitrogens is 1. The number of carbonyl (C=O) groups excluding carboxylic acids is 1. The van der Waals surface area contributed by atoms with Gasteiger partial charge >= 0.3 is 0 Å². The van der Waals surface area contributed by atoms with Crippen molar-refractivity contribution in [2.75, 3.05) is 6.54 Å². The number of pyridine rings is 1. The predicted octanol–water partition coefficient (Wildman–Crippen LogP) is 3.77. The molecule has 1 heterocycles. The van der Waals surface area contributed by atoms with Crippen molar-refractivity contribution in [3.8, 4) is 0 Å². The van der Waals surface area contributed by atoms with Gasteiger partial charge in [-0.1, -0.05) is 30.9 Å². The van der Waals surface area contributed by atoms with Crippen molar-refractivity contribution >= 4 is 16.8 Å². The summed E-state index contributed by atoms with van der Waals surface area (Å²) < 4.78 is 0. The minimum absolute atomic E-state index is 0.0961. The van der Waals surface area contributed by atoms with E-state index < -0.39 is 0 Å². The second kappa shape index (κ2) is 7.20. The molecule has 1 aliphatic carbocycles. The van der Waals surface area contributed by atoms with E-state index >= 15 is 0 Å². The van der Waals surface area contributed by atoms with E-state index in [2.05, 4.69) is 11.1 Å². The zero-order valence-corrected chi connectivity index (χ0v) is 14.6. The molecular formula is C20H26N2O2. The van der Waals surface area contributed by atoms with Crippen molar-refractivity contribution in [3.05, 3.63) is 45.7 Å². The van der Waals surface area contributed by atoms with E-state index in [1.54, 1.807) is 0 Å². The summed E-state index contributed by atoms with van der Waals surface area (Å²) in [5, 5.41) is 1.02. The Hall–Kier alpha value is -2.10. The molecule has 2 aromatic rings. The lowest BCUT2D eigenvalue weighted by molar-refractivity contribution is -0.137. The van der Waals surface area contributed by atoms with Crippen molar-refractivity contribution in [3.63, 3.8) is 0 Å². The molecule has 1 saturated carbocycles. The van der Waals surface area contributed by atoms with E-state index in [0.717, 1.165) is 42.1 Å². The fourth-order valence-electron chi connectivity index (χ4n) is 3.65. The molecule has 0 bridgehead atoms. The smallest absolute Gasteiger partial charge is 0.253 e. The van der Waals surface area contributed by atoms with Gasteiger partial charge in [-0.25, -0.2) is 0 Å². The van der Waals surface area contributed by atoms with Gasteiger partial charge in [-0.2, -0.15) is 0 Å². The van der Waals surface area contributed by atoms with Gasteiger partial charge in [-0.15, -0.1) is 0 Å². The Kier molecular flexibility index (Phi) is 5.03. The topological polar surface area (TPSA) is 53.2 Å². The molecule has 4 nitrogen and oxygen atoms in total. The fourth-order valence-corrected chi connectivity index (χ4v) is 3.65. The van der Waals surface area contributed by atoms with Crippen LogP contribution in [-0.2, 0) is 11.3 Å². The Morgan fingerprint density at radius 2 is 1.96 bits per heavy atom. The van der Waals surface area contributed by atoms with Crippen molar-refractivity contribution in [2.45, 2.75) is 52.5 Å². The number of fused-ring (bicyclic) bond motifs is 1. The van der Waals surface area contributed by atoms with Gasteiger partial charge in [0.25, 0.3) is 5.56 Å². The van der Waals surface area contributed by atoms with Crippen molar-refractivity contribution in [2.24, 2.45) is 5.92 Å². The highest BCUT2D eigenvalue weighted by atomic mass is 16.2. The van der Waals surface area contributed by atoms with Crippen LogP contribution in [0.25, 0.3) is 10.9 Å². The average molecular weight is 326 g/mol. The Labute approximate surface area is 142 Å². The first-order valence-corrected chi connectivity index (χ1v) is 9.00. The molecule has 0 spiro atoms. The van der Waals surface area contributed by atoms with E-state index in [9.17, 15) is 9.59 Å². The molecule has 1 N–H and O–H groups in total. The normalized spacial score (nSPS) is 15.6. The Morgan fingerprint density at radius 1 is 1.21 bits per heavy atom. The number of aromatic amines is 1. The molecule has 0 saturated heterocycles. The maximum atomic E-state index is 12.8. The maximum absolute atomic E-state index is 12.8. The van der Waals surface area contributed by atoms with E-state index in [1.807, 2.05) is 36.9 Å². The van der Waals surface area contributed by atoms with Crippen LogP contribution < -0.4 is 5.56 Å². The van der Waals surface area contributed by atoms with Gasteiger partial charge < -0.3 is 9.88 Å². The van der Waals surface area contributed by atoms with Crippen molar-refractivity contribution in [1.29, 1.82) is 0 Å². The number of nitrogens with one attached hydrogen (secondary N) is 1. The third-order valence-electron chi connectivity index (χ3n) is 5.09. The van der Waals surface area contributed by atoms with Gasteiger partial charge in [-0.05, 0) is 50.3 Å². The van der Waals surface area contributed by atoms with Gasteiger partial charge in [0.15, 0.2) is 0 Å². The molecule has 128 valence electrons. The van der Waals surface area contributed by atoms with E-state index in [4.69, 9.17) is 0 Å². The summed E-state index contributed by atoms with van der Waals surface area (Å²) in [6, 6.07) is 7.91. The van der Waals surface area contributed by atoms with Crippen LogP contribution >= 0.6 is 0 Å². The summed E-state index contributed by atoms with van der Waals surface area (Å²) in [5.41, 5.74) is 2.57. The summed E-state index contributed by atoms with van der Waals surface area (Å²) in [6.45, 7) is 5.06. The van der Waals surface area contributed by atoms with Gasteiger partial charge in [0.2, 0.25) is 5.91 Å². The molecule has 1 amide bonds. The van der Waals surface area contributed by atoms with Gasteiger partial charge in [-0.3, -0.25) is 9.59 Å². The first kappa shape index (κ1) is 16.7. The molecule has 0 atom stereocenters. The summed E-state index contributed by atoms with van der Waals surface area (Å²) in [6.07, 6.45) is 5.50. The number of amides is 1. The third kappa shape index (κ3) is 3.53. The number of benzene rings is 1. The summed E-state index contributed by atoms with van der Waals surface area (Å²) >= 11 is 0. The molecule has 1 aromatic heterocycles. The van der Waals surface area contributed by atoms with E-state index in [1.165, 1.54) is 6.42 Å². The van der Waals surface area contributed by atoms with Gasteiger partial charge in [0, 0.05) is 23.5 Å². The molecule has 0 unspecified atom stereocenters. The van der Waals surface area contributed by atoms with Crippen LogP contribution in [-0.4, -0.2) is 22.3 Å². The highest BCUT2D eigenvalue weighted by Crippen LogP contribution is 2.26. The van der Waals surface area contributed by atoms with Crippen molar-refractivity contribution < 1.29 is 4.79 Å².